The van der Waals surface area contributed by atoms with E-state index in [-0.39, 0.29) is 17.5 Å². The lowest BCUT2D eigenvalue weighted by molar-refractivity contribution is -0.384. The van der Waals surface area contributed by atoms with E-state index in [0.717, 1.165) is 5.56 Å². The first kappa shape index (κ1) is 17.4. The van der Waals surface area contributed by atoms with Crippen LogP contribution in [0, 0.1) is 10.1 Å². The van der Waals surface area contributed by atoms with Crippen molar-refractivity contribution in [1.82, 2.24) is 4.98 Å². The molecule has 0 radical (unpaired) electrons. The Hall–Kier alpha value is -2.96. The number of pyridine rings is 1. The van der Waals surface area contributed by atoms with Crippen molar-refractivity contribution in [2.45, 2.75) is 32.9 Å². The maximum atomic E-state index is 11.9. The van der Waals surface area contributed by atoms with Crippen molar-refractivity contribution in [2.24, 2.45) is 0 Å². The van der Waals surface area contributed by atoms with Crippen LogP contribution in [0.3, 0.4) is 0 Å². The standard InChI is InChI=1S/C17H19N3O4/c1-17(2,3)24-16(21)13-8-6-12(7-9-13)11-19-15-14(20(22)23)5-4-10-18-15/h4-10H,11H2,1-3H3,(H,18,19). The van der Waals surface area contributed by atoms with Crippen molar-refractivity contribution in [3.63, 3.8) is 0 Å². The molecule has 126 valence electrons. The van der Waals surface area contributed by atoms with Crippen molar-refractivity contribution in [3.05, 3.63) is 63.8 Å². The predicted molar refractivity (Wildman–Crippen MR) is 89.8 cm³/mol. The van der Waals surface area contributed by atoms with Gasteiger partial charge in [0.1, 0.15) is 5.60 Å². The Labute approximate surface area is 139 Å². The highest BCUT2D eigenvalue weighted by Crippen LogP contribution is 2.21. The molecule has 1 heterocycles. The van der Waals surface area contributed by atoms with Gasteiger partial charge in [0.15, 0.2) is 0 Å². The molecule has 0 unspecified atom stereocenters. The van der Waals surface area contributed by atoms with E-state index >= 15 is 0 Å². The molecule has 7 heteroatoms. The highest BCUT2D eigenvalue weighted by atomic mass is 16.6. The van der Waals surface area contributed by atoms with E-state index in [2.05, 4.69) is 10.3 Å². The van der Waals surface area contributed by atoms with Gasteiger partial charge in [-0.05, 0) is 44.5 Å². The Morgan fingerprint density at radius 2 is 1.92 bits per heavy atom. The lowest BCUT2D eigenvalue weighted by Gasteiger charge is -2.19. The molecule has 0 amide bonds. The second kappa shape index (κ2) is 7.08. The van der Waals surface area contributed by atoms with E-state index in [1.807, 2.05) is 20.8 Å². The monoisotopic (exact) mass is 329 g/mol. The first-order valence-electron chi connectivity index (χ1n) is 7.42. The fraction of sp³-hybridized carbons (Fsp3) is 0.294. The minimum absolute atomic E-state index is 0.0807. The average molecular weight is 329 g/mol. The molecule has 0 bridgehead atoms. The van der Waals surface area contributed by atoms with Crippen LogP contribution in [-0.2, 0) is 11.3 Å². The molecule has 0 saturated heterocycles. The van der Waals surface area contributed by atoms with Gasteiger partial charge in [0.2, 0.25) is 5.82 Å². The summed E-state index contributed by atoms with van der Waals surface area (Å²) in [5.74, 6) is -0.180. The third-order valence-electron chi connectivity index (χ3n) is 3.03. The summed E-state index contributed by atoms with van der Waals surface area (Å²) in [4.78, 5) is 26.4. The second-order valence-electron chi connectivity index (χ2n) is 6.18. The summed E-state index contributed by atoms with van der Waals surface area (Å²) in [6.45, 7) is 5.78. The summed E-state index contributed by atoms with van der Waals surface area (Å²) in [5, 5.41) is 13.9. The number of nitrogens with zero attached hydrogens (tertiary/aromatic N) is 2. The van der Waals surface area contributed by atoms with Crippen LogP contribution in [0.2, 0.25) is 0 Å². The van der Waals surface area contributed by atoms with Gasteiger partial charge in [-0.25, -0.2) is 9.78 Å². The quantitative estimate of drug-likeness (QED) is 0.512. The maximum absolute atomic E-state index is 11.9. The van der Waals surface area contributed by atoms with Gasteiger partial charge in [0, 0.05) is 18.8 Å². The number of aromatic nitrogens is 1. The summed E-state index contributed by atoms with van der Waals surface area (Å²) in [7, 11) is 0. The largest absolute Gasteiger partial charge is 0.456 e. The highest BCUT2D eigenvalue weighted by Gasteiger charge is 2.18. The van der Waals surface area contributed by atoms with Crippen molar-refractivity contribution in [2.75, 3.05) is 5.32 Å². The molecule has 1 aromatic carbocycles. The molecule has 0 fully saturated rings. The number of carbonyl (C=O) groups is 1. The van der Waals surface area contributed by atoms with Crippen molar-refractivity contribution < 1.29 is 14.5 Å². The maximum Gasteiger partial charge on any atom is 0.338 e. The summed E-state index contributed by atoms with van der Waals surface area (Å²) < 4.78 is 5.30. The topological polar surface area (TPSA) is 94.4 Å². The lowest BCUT2D eigenvalue weighted by atomic mass is 10.1. The lowest BCUT2D eigenvalue weighted by Crippen LogP contribution is -2.23. The number of carbonyl (C=O) groups excluding carboxylic acids is 1. The summed E-state index contributed by atoms with van der Waals surface area (Å²) in [6.07, 6.45) is 1.49. The summed E-state index contributed by atoms with van der Waals surface area (Å²) >= 11 is 0. The van der Waals surface area contributed by atoms with E-state index in [0.29, 0.717) is 12.1 Å². The molecule has 0 aliphatic heterocycles. The summed E-state index contributed by atoms with van der Waals surface area (Å²) in [5.41, 5.74) is 0.692. The zero-order valence-electron chi connectivity index (χ0n) is 13.8. The number of anilines is 1. The molecule has 0 saturated carbocycles. The molecule has 1 N–H and O–H groups in total. The van der Waals surface area contributed by atoms with Crippen LogP contribution in [0.5, 0.6) is 0 Å². The van der Waals surface area contributed by atoms with E-state index in [1.165, 1.54) is 18.3 Å². The number of esters is 1. The van der Waals surface area contributed by atoms with Gasteiger partial charge in [-0.15, -0.1) is 0 Å². The second-order valence-corrected chi connectivity index (χ2v) is 6.18. The number of hydrogen-bond acceptors (Lipinski definition) is 6. The molecule has 0 atom stereocenters. The number of benzene rings is 1. The van der Waals surface area contributed by atoms with Crippen molar-refractivity contribution in [1.29, 1.82) is 0 Å². The van der Waals surface area contributed by atoms with Crippen LogP contribution in [0.1, 0.15) is 36.7 Å². The molecule has 2 aromatic rings. The number of ether oxygens (including phenoxy) is 1. The molecule has 7 nitrogen and oxygen atoms in total. The third kappa shape index (κ3) is 4.77. The van der Waals surface area contributed by atoms with Crippen molar-refractivity contribution >= 4 is 17.5 Å². The van der Waals surface area contributed by atoms with E-state index in [1.54, 1.807) is 24.3 Å². The van der Waals surface area contributed by atoms with Crippen LogP contribution >= 0.6 is 0 Å². The van der Waals surface area contributed by atoms with Crippen molar-refractivity contribution in [3.8, 4) is 0 Å². The first-order chi connectivity index (χ1) is 11.3. The molecule has 0 aliphatic carbocycles. The third-order valence-corrected chi connectivity index (χ3v) is 3.03. The van der Waals surface area contributed by atoms with E-state index < -0.39 is 10.5 Å². The fourth-order valence-corrected chi connectivity index (χ4v) is 1.96. The molecular weight excluding hydrogens is 310 g/mol. The molecule has 0 aliphatic rings. The Balaban J connectivity index is 2.03. The Bertz CT molecular complexity index is 736. The fourth-order valence-electron chi connectivity index (χ4n) is 1.96. The van der Waals surface area contributed by atoms with Gasteiger partial charge in [-0.3, -0.25) is 10.1 Å². The molecule has 1 aromatic heterocycles. The summed E-state index contributed by atoms with van der Waals surface area (Å²) in [6, 6.07) is 9.76. The Morgan fingerprint density at radius 3 is 2.50 bits per heavy atom. The van der Waals surface area contributed by atoms with Gasteiger partial charge >= 0.3 is 11.7 Å². The minimum Gasteiger partial charge on any atom is -0.456 e. The van der Waals surface area contributed by atoms with Crippen LogP contribution in [0.4, 0.5) is 11.5 Å². The number of rotatable bonds is 5. The van der Waals surface area contributed by atoms with Crippen LogP contribution in [0.25, 0.3) is 0 Å². The zero-order valence-corrected chi connectivity index (χ0v) is 13.8. The average Bonchev–Trinajstić information content (AvgIpc) is 2.52. The van der Waals surface area contributed by atoms with Gasteiger partial charge in [0.05, 0.1) is 10.5 Å². The van der Waals surface area contributed by atoms with Gasteiger partial charge in [-0.1, -0.05) is 12.1 Å². The predicted octanol–water partition coefficient (Wildman–Crippen LogP) is 3.56. The molecular formula is C17H19N3O4. The molecule has 2 rings (SSSR count). The zero-order chi connectivity index (χ0) is 17.7. The van der Waals surface area contributed by atoms with Crippen LogP contribution in [0.15, 0.2) is 42.6 Å². The Kier molecular flexibility index (Phi) is 5.13. The van der Waals surface area contributed by atoms with Gasteiger partial charge in [0.25, 0.3) is 0 Å². The molecule has 0 spiro atoms. The Morgan fingerprint density at radius 1 is 1.25 bits per heavy atom. The van der Waals surface area contributed by atoms with Crippen LogP contribution < -0.4 is 5.32 Å². The highest BCUT2D eigenvalue weighted by molar-refractivity contribution is 5.89. The number of nitro groups is 1. The first-order valence-corrected chi connectivity index (χ1v) is 7.42. The number of hydrogen-bond donors (Lipinski definition) is 1. The van der Waals surface area contributed by atoms with Gasteiger partial charge in [-0.2, -0.15) is 0 Å². The van der Waals surface area contributed by atoms with Crippen LogP contribution in [-0.4, -0.2) is 21.5 Å². The molecule has 24 heavy (non-hydrogen) atoms. The van der Waals surface area contributed by atoms with E-state index in [9.17, 15) is 14.9 Å². The van der Waals surface area contributed by atoms with Gasteiger partial charge < -0.3 is 10.1 Å². The SMILES string of the molecule is CC(C)(C)OC(=O)c1ccc(CNc2ncccc2[N+](=O)[O-])cc1. The number of nitrogens with one attached hydrogen (secondary N) is 1. The minimum atomic E-state index is -0.546. The smallest absolute Gasteiger partial charge is 0.338 e. The van der Waals surface area contributed by atoms with E-state index in [4.69, 9.17) is 4.74 Å². The normalized spacial score (nSPS) is 11.0.